The number of nitrogens with zero attached hydrogens (tertiary/aromatic N) is 2. The average molecular weight is 229 g/mol. The minimum Gasteiger partial charge on any atom is -0.378 e. The van der Waals surface area contributed by atoms with E-state index in [1.54, 1.807) is 6.07 Å². The van der Waals surface area contributed by atoms with E-state index in [0.717, 1.165) is 11.1 Å². The fourth-order valence-electron chi connectivity index (χ4n) is 1.71. The van der Waals surface area contributed by atoms with Crippen LogP contribution in [-0.2, 0) is 0 Å². The molecule has 0 amide bonds. The number of rotatable bonds is 2. The van der Waals surface area contributed by atoms with Crippen molar-refractivity contribution in [1.82, 2.24) is 4.98 Å². The smallest absolute Gasteiger partial charge is 0.318 e. The number of aromatic nitrogens is 1. The van der Waals surface area contributed by atoms with Crippen LogP contribution in [-0.4, -0.2) is 9.91 Å². The van der Waals surface area contributed by atoms with E-state index in [-0.39, 0.29) is 11.5 Å². The van der Waals surface area contributed by atoms with Gasteiger partial charge in [0.15, 0.2) is 0 Å². The Morgan fingerprint density at radius 3 is 2.76 bits per heavy atom. The molecule has 0 unspecified atom stereocenters. The molecule has 2 rings (SSSR count). The summed E-state index contributed by atoms with van der Waals surface area (Å²) in [5.74, 6) is -0.0611. The first-order valence-corrected chi connectivity index (χ1v) is 5.05. The Labute approximate surface area is 98.1 Å². The van der Waals surface area contributed by atoms with E-state index in [9.17, 15) is 10.1 Å². The average Bonchev–Trinajstić information content (AvgIpc) is 2.28. The monoisotopic (exact) mass is 229 g/mol. The zero-order chi connectivity index (χ0) is 12.4. The van der Waals surface area contributed by atoms with E-state index >= 15 is 0 Å². The predicted octanol–water partition coefficient (Wildman–Crippen LogP) is 2.55. The highest BCUT2D eigenvalue weighted by atomic mass is 16.6. The van der Waals surface area contributed by atoms with E-state index in [1.807, 2.05) is 31.2 Å². The van der Waals surface area contributed by atoms with Crippen molar-refractivity contribution in [2.24, 2.45) is 0 Å². The topological polar surface area (TPSA) is 82.0 Å². The van der Waals surface area contributed by atoms with Gasteiger partial charge in [-0.2, -0.15) is 0 Å². The van der Waals surface area contributed by atoms with Crippen LogP contribution in [0.4, 0.5) is 11.5 Å². The van der Waals surface area contributed by atoms with Gasteiger partial charge < -0.3 is 5.73 Å². The first kappa shape index (κ1) is 11.1. The van der Waals surface area contributed by atoms with Gasteiger partial charge in [0.2, 0.25) is 5.82 Å². The molecule has 86 valence electrons. The molecule has 1 heterocycles. The van der Waals surface area contributed by atoms with Gasteiger partial charge in [-0.05, 0) is 18.6 Å². The molecule has 5 nitrogen and oxygen atoms in total. The second kappa shape index (κ2) is 4.21. The lowest BCUT2D eigenvalue weighted by molar-refractivity contribution is -0.383. The third kappa shape index (κ3) is 2.08. The third-order valence-electron chi connectivity index (χ3n) is 2.46. The van der Waals surface area contributed by atoms with Crippen LogP contribution in [0.1, 0.15) is 5.56 Å². The number of benzene rings is 1. The molecule has 2 N–H and O–H groups in total. The summed E-state index contributed by atoms with van der Waals surface area (Å²) in [6, 6.07) is 9.07. The van der Waals surface area contributed by atoms with Gasteiger partial charge in [0.05, 0.1) is 10.5 Å². The van der Waals surface area contributed by atoms with Crippen LogP contribution >= 0.6 is 0 Å². The fourth-order valence-corrected chi connectivity index (χ4v) is 1.71. The molecule has 0 atom stereocenters. The molecule has 0 saturated heterocycles. The van der Waals surface area contributed by atoms with Gasteiger partial charge in [0, 0.05) is 6.20 Å². The second-order valence-electron chi connectivity index (χ2n) is 3.72. The van der Waals surface area contributed by atoms with Gasteiger partial charge in [-0.25, -0.2) is 4.98 Å². The Morgan fingerprint density at radius 2 is 2.12 bits per heavy atom. The lowest BCUT2D eigenvalue weighted by Crippen LogP contribution is -2.00. The first-order chi connectivity index (χ1) is 8.09. The van der Waals surface area contributed by atoms with E-state index < -0.39 is 4.92 Å². The van der Waals surface area contributed by atoms with Crippen LogP contribution in [0, 0.1) is 17.0 Å². The van der Waals surface area contributed by atoms with Gasteiger partial charge >= 0.3 is 5.69 Å². The van der Waals surface area contributed by atoms with Crippen LogP contribution in [0.15, 0.2) is 36.5 Å². The normalized spacial score (nSPS) is 10.2. The van der Waals surface area contributed by atoms with Gasteiger partial charge in [0.25, 0.3) is 0 Å². The zero-order valence-electron chi connectivity index (χ0n) is 9.25. The fraction of sp³-hybridized carbons (Fsp3) is 0.0833. The molecule has 0 radical (unpaired) electrons. The molecule has 0 fully saturated rings. The number of hydrogen-bond donors (Lipinski definition) is 1. The molecule has 0 spiro atoms. The summed E-state index contributed by atoms with van der Waals surface area (Å²) in [6.45, 7) is 1.93. The Morgan fingerprint density at radius 1 is 1.35 bits per heavy atom. The Hall–Kier alpha value is -2.43. The summed E-state index contributed by atoms with van der Waals surface area (Å²) in [6.07, 6.45) is 1.47. The number of hydrogen-bond acceptors (Lipinski definition) is 4. The molecule has 17 heavy (non-hydrogen) atoms. The Balaban J connectivity index is 2.67. The van der Waals surface area contributed by atoms with E-state index in [0.29, 0.717) is 5.56 Å². The van der Waals surface area contributed by atoms with Crippen molar-refractivity contribution in [3.63, 3.8) is 0 Å². The quantitative estimate of drug-likeness (QED) is 0.633. The van der Waals surface area contributed by atoms with Gasteiger partial charge in [-0.1, -0.05) is 29.8 Å². The molecule has 0 aliphatic carbocycles. The maximum atomic E-state index is 11.0. The molecule has 0 bridgehead atoms. The summed E-state index contributed by atoms with van der Waals surface area (Å²) >= 11 is 0. The van der Waals surface area contributed by atoms with Crippen LogP contribution in [0.5, 0.6) is 0 Å². The maximum absolute atomic E-state index is 11.0. The summed E-state index contributed by atoms with van der Waals surface area (Å²) in [5.41, 5.74) is 7.70. The van der Waals surface area contributed by atoms with E-state index in [2.05, 4.69) is 4.98 Å². The van der Waals surface area contributed by atoms with Crippen LogP contribution in [0.25, 0.3) is 11.1 Å². The number of nitrogens with two attached hydrogens (primary N) is 1. The minimum absolute atomic E-state index is 0.0611. The van der Waals surface area contributed by atoms with Crippen molar-refractivity contribution in [1.29, 1.82) is 0 Å². The van der Waals surface area contributed by atoms with Gasteiger partial charge in [-0.3, -0.25) is 10.1 Å². The summed E-state index contributed by atoms with van der Waals surface area (Å²) in [4.78, 5) is 14.2. The molecule has 0 aliphatic rings. The largest absolute Gasteiger partial charge is 0.378 e. The summed E-state index contributed by atoms with van der Waals surface area (Å²) in [5, 5.41) is 11.0. The van der Waals surface area contributed by atoms with Crippen LogP contribution in [0.3, 0.4) is 0 Å². The second-order valence-corrected chi connectivity index (χ2v) is 3.72. The highest BCUT2D eigenvalue weighted by molar-refractivity contribution is 5.79. The minimum atomic E-state index is -0.500. The molecular weight excluding hydrogens is 218 g/mol. The number of pyridine rings is 1. The van der Waals surface area contributed by atoms with Crippen molar-refractivity contribution >= 4 is 11.5 Å². The van der Waals surface area contributed by atoms with E-state index in [4.69, 9.17) is 5.73 Å². The highest BCUT2D eigenvalue weighted by Crippen LogP contribution is 2.33. The molecule has 1 aromatic heterocycles. The van der Waals surface area contributed by atoms with Crippen molar-refractivity contribution in [2.45, 2.75) is 6.92 Å². The molecule has 0 aliphatic heterocycles. The van der Waals surface area contributed by atoms with Crippen LogP contribution in [0.2, 0.25) is 0 Å². The number of nitro groups is 1. The number of nitrogen functional groups attached to an aromatic ring is 1. The van der Waals surface area contributed by atoms with E-state index in [1.165, 1.54) is 6.20 Å². The Bertz CT molecular complexity index is 582. The van der Waals surface area contributed by atoms with Crippen molar-refractivity contribution in [2.75, 3.05) is 5.73 Å². The molecule has 2 aromatic rings. The summed E-state index contributed by atoms with van der Waals surface area (Å²) < 4.78 is 0. The van der Waals surface area contributed by atoms with Crippen molar-refractivity contribution < 1.29 is 4.92 Å². The van der Waals surface area contributed by atoms with Crippen molar-refractivity contribution in [3.8, 4) is 11.1 Å². The summed E-state index contributed by atoms with van der Waals surface area (Å²) in [7, 11) is 0. The molecule has 0 saturated carbocycles. The SMILES string of the molecule is Cc1cccc(-c2ccnc(N)c2[N+](=O)[O-])c1. The molecular formula is C12H11N3O2. The van der Waals surface area contributed by atoms with Crippen molar-refractivity contribution in [3.05, 3.63) is 52.2 Å². The Kier molecular flexibility index (Phi) is 2.74. The third-order valence-corrected chi connectivity index (χ3v) is 2.46. The predicted molar refractivity (Wildman–Crippen MR) is 65.5 cm³/mol. The maximum Gasteiger partial charge on any atom is 0.318 e. The van der Waals surface area contributed by atoms with Gasteiger partial charge in [0.1, 0.15) is 0 Å². The highest BCUT2D eigenvalue weighted by Gasteiger charge is 2.19. The first-order valence-electron chi connectivity index (χ1n) is 5.05. The van der Waals surface area contributed by atoms with Crippen LogP contribution < -0.4 is 5.73 Å². The standard InChI is InChI=1S/C12H11N3O2/c1-8-3-2-4-9(7-8)10-5-6-14-12(13)11(10)15(16)17/h2-7H,1H3,(H2,13,14). The molecule has 5 heteroatoms. The zero-order valence-corrected chi connectivity index (χ0v) is 9.25. The van der Waals surface area contributed by atoms with Gasteiger partial charge in [-0.15, -0.1) is 0 Å². The lowest BCUT2D eigenvalue weighted by atomic mass is 10.0. The number of aryl methyl sites for hydroxylation is 1. The lowest BCUT2D eigenvalue weighted by Gasteiger charge is -2.05. The molecule has 1 aromatic carbocycles. The number of anilines is 1.